The van der Waals surface area contributed by atoms with Crippen molar-refractivity contribution in [1.29, 1.82) is 0 Å². The van der Waals surface area contributed by atoms with Crippen molar-refractivity contribution >= 4 is 23.6 Å². The molecule has 0 unspecified atom stereocenters. The number of guanidine groups is 1. The lowest BCUT2D eigenvalue weighted by molar-refractivity contribution is -0.118. The molecule has 0 aliphatic carbocycles. The number of nitrogens with two attached hydrogens (primary N) is 2. The molecule has 0 fully saturated rings. The van der Waals surface area contributed by atoms with Gasteiger partial charge in [-0.25, -0.2) is 0 Å². The minimum Gasteiger partial charge on any atom is -0.370 e. The number of thioether (sulfide) groups is 1. The number of rotatable bonds is 8. The molecule has 0 spiro atoms. The second-order valence-electron chi connectivity index (χ2n) is 3.00. The molecule has 5 N–H and O–H groups in total. The molecule has 0 atom stereocenters. The van der Waals surface area contributed by atoms with Crippen LogP contribution >= 0.6 is 11.8 Å². The number of hydrogen-bond acceptors (Lipinski definition) is 3. The number of aliphatic imine (C=N–C) groups is 1. The predicted octanol–water partition coefficient (Wildman–Crippen LogP) is -0.0907. The van der Waals surface area contributed by atoms with Crippen molar-refractivity contribution in [2.75, 3.05) is 24.6 Å². The number of hydrogen-bond donors (Lipinski definition) is 3. The highest BCUT2D eigenvalue weighted by atomic mass is 32.2. The normalized spacial score (nSPS) is 9.67. The first kappa shape index (κ1) is 14.1. The molecule has 0 aliphatic heterocycles. The minimum absolute atomic E-state index is 0.101. The lowest BCUT2D eigenvalue weighted by atomic mass is 10.3. The van der Waals surface area contributed by atoms with Gasteiger partial charge in [0.05, 0.1) is 5.75 Å². The molecule has 0 heterocycles. The van der Waals surface area contributed by atoms with E-state index in [0.717, 1.165) is 18.6 Å². The van der Waals surface area contributed by atoms with Crippen molar-refractivity contribution in [1.82, 2.24) is 5.32 Å². The molecule has 0 aromatic carbocycles. The van der Waals surface area contributed by atoms with E-state index < -0.39 is 0 Å². The summed E-state index contributed by atoms with van der Waals surface area (Å²) in [4.78, 5) is 15.0. The van der Waals surface area contributed by atoms with E-state index in [1.807, 2.05) is 6.92 Å². The second-order valence-corrected chi connectivity index (χ2v) is 4.28. The van der Waals surface area contributed by atoms with Gasteiger partial charge in [-0.1, -0.05) is 6.92 Å². The standard InChI is InChI=1S/C9H20N4OS/c1-2-15-7-8(14)12-5-3-4-6-13-9(10)11/h2-7H2,1H3,(H,12,14)(H4,10,11,13). The van der Waals surface area contributed by atoms with E-state index in [1.165, 1.54) is 0 Å². The van der Waals surface area contributed by atoms with Gasteiger partial charge in [-0.2, -0.15) is 11.8 Å². The third kappa shape index (κ3) is 11.0. The Hall–Kier alpha value is -0.910. The maximum absolute atomic E-state index is 11.1. The van der Waals surface area contributed by atoms with Crippen molar-refractivity contribution < 1.29 is 4.79 Å². The van der Waals surface area contributed by atoms with E-state index in [2.05, 4.69) is 10.3 Å². The number of carbonyl (C=O) groups excluding carboxylic acids is 1. The van der Waals surface area contributed by atoms with Gasteiger partial charge < -0.3 is 16.8 Å². The van der Waals surface area contributed by atoms with Crippen LogP contribution in [0.5, 0.6) is 0 Å². The van der Waals surface area contributed by atoms with Gasteiger partial charge in [0.2, 0.25) is 5.91 Å². The smallest absolute Gasteiger partial charge is 0.229 e. The number of carbonyl (C=O) groups is 1. The molecule has 0 saturated carbocycles. The Labute approximate surface area is 95.1 Å². The topological polar surface area (TPSA) is 93.5 Å². The third-order valence-corrected chi connectivity index (χ3v) is 2.51. The van der Waals surface area contributed by atoms with Crippen LogP contribution in [0.1, 0.15) is 19.8 Å². The maximum atomic E-state index is 11.1. The number of amides is 1. The van der Waals surface area contributed by atoms with Gasteiger partial charge >= 0.3 is 0 Å². The summed E-state index contributed by atoms with van der Waals surface area (Å²) < 4.78 is 0. The van der Waals surface area contributed by atoms with E-state index in [-0.39, 0.29) is 11.9 Å². The summed E-state index contributed by atoms with van der Waals surface area (Å²) in [6.07, 6.45) is 1.79. The van der Waals surface area contributed by atoms with Crippen molar-refractivity contribution in [3.8, 4) is 0 Å². The Morgan fingerprint density at radius 3 is 2.73 bits per heavy atom. The first-order valence-electron chi connectivity index (χ1n) is 5.06. The van der Waals surface area contributed by atoms with Crippen LogP contribution < -0.4 is 16.8 Å². The zero-order valence-electron chi connectivity index (χ0n) is 9.16. The second kappa shape index (κ2) is 9.64. The molecular weight excluding hydrogens is 212 g/mol. The van der Waals surface area contributed by atoms with Gasteiger partial charge in [0.1, 0.15) is 0 Å². The van der Waals surface area contributed by atoms with Gasteiger partial charge in [0.25, 0.3) is 0 Å². The SMILES string of the molecule is CCSCC(=O)NCCCCN=C(N)N. The van der Waals surface area contributed by atoms with E-state index in [4.69, 9.17) is 11.5 Å². The predicted molar refractivity (Wildman–Crippen MR) is 65.9 cm³/mol. The largest absolute Gasteiger partial charge is 0.370 e. The molecule has 0 bridgehead atoms. The quantitative estimate of drug-likeness (QED) is 0.310. The summed E-state index contributed by atoms with van der Waals surface area (Å²) in [5, 5.41) is 2.83. The molecule has 15 heavy (non-hydrogen) atoms. The molecule has 88 valence electrons. The van der Waals surface area contributed by atoms with Crippen LogP contribution in [0.3, 0.4) is 0 Å². The fraction of sp³-hybridized carbons (Fsp3) is 0.778. The maximum Gasteiger partial charge on any atom is 0.229 e. The molecule has 6 heteroatoms. The Bertz CT molecular complexity index is 204. The summed E-state index contributed by atoms with van der Waals surface area (Å²) in [5.41, 5.74) is 10.3. The van der Waals surface area contributed by atoms with Crippen molar-refractivity contribution in [3.05, 3.63) is 0 Å². The summed E-state index contributed by atoms with van der Waals surface area (Å²) >= 11 is 1.62. The van der Waals surface area contributed by atoms with Crippen LogP contribution in [-0.4, -0.2) is 36.5 Å². The van der Waals surface area contributed by atoms with Crippen molar-refractivity contribution in [2.24, 2.45) is 16.5 Å². The Balaban J connectivity index is 3.23. The lowest BCUT2D eigenvalue weighted by Gasteiger charge is -2.03. The highest BCUT2D eigenvalue weighted by Gasteiger charge is 1.98. The summed E-state index contributed by atoms with van der Waals surface area (Å²) in [7, 11) is 0. The molecule has 0 aliphatic rings. The fourth-order valence-electron chi connectivity index (χ4n) is 0.919. The van der Waals surface area contributed by atoms with Crippen LogP contribution in [0.15, 0.2) is 4.99 Å². The molecule has 0 saturated heterocycles. The van der Waals surface area contributed by atoms with Gasteiger partial charge in [-0.15, -0.1) is 0 Å². The van der Waals surface area contributed by atoms with Crippen LogP contribution in [-0.2, 0) is 4.79 Å². The average molecular weight is 232 g/mol. The van der Waals surface area contributed by atoms with Crippen LogP contribution in [0.25, 0.3) is 0 Å². The molecule has 5 nitrogen and oxygen atoms in total. The molecule has 0 radical (unpaired) electrons. The van der Waals surface area contributed by atoms with Crippen LogP contribution in [0.2, 0.25) is 0 Å². The van der Waals surface area contributed by atoms with Crippen molar-refractivity contribution in [3.63, 3.8) is 0 Å². The van der Waals surface area contributed by atoms with Gasteiger partial charge in [-0.3, -0.25) is 9.79 Å². The lowest BCUT2D eigenvalue weighted by Crippen LogP contribution is -2.26. The van der Waals surface area contributed by atoms with Gasteiger partial charge in [-0.05, 0) is 18.6 Å². The van der Waals surface area contributed by atoms with Crippen molar-refractivity contribution in [2.45, 2.75) is 19.8 Å². The Kier molecular flexibility index (Phi) is 9.05. The zero-order valence-corrected chi connectivity index (χ0v) is 9.98. The van der Waals surface area contributed by atoms with Gasteiger partial charge in [0, 0.05) is 13.1 Å². The van der Waals surface area contributed by atoms with Crippen LogP contribution in [0, 0.1) is 0 Å². The van der Waals surface area contributed by atoms with Crippen LogP contribution in [0.4, 0.5) is 0 Å². The number of nitrogens with one attached hydrogen (secondary N) is 1. The molecule has 0 rings (SSSR count). The molecule has 0 aromatic heterocycles. The zero-order chi connectivity index (χ0) is 11.5. The monoisotopic (exact) mass is 232 g/mol. The van der Waals surface area contributed by atoms with E-state index in [1.54, 1.807) is 11.8 Å². The Morgan fingerprint density at radius 2 is 2.13 bits per heavy atom. The summed E-state index contributed by atoms with van der Waals surface area (Å²) in [6.45, 7) is 3.36. The molecule has 0 aromatic rings. The highest BCUT2D eigenvalue weighted by Crippen LogP contribution is 1.96. The molecule has 1 amide bonds. The third-order valence-electron chi connectivity index (χ3n) is 1.64. The van der Waals surface area contributed by atoms with E-state index >= 15 is 0 Å². The number of unbranched alkanes of at least 4 members (excludes halogenated alkanes) is 1. The summed E-state index contributed by atoms with van der Waals surface area (Å²) in [6, 6.07) is 0. The van der Waals surface area contributed by atoms with E-state index in [0.29, 0.717) is 18.8 Å². The fourth-order valence-corrected chi connectivity index (χ4v) is 1.41. The van der Waals surface area contributed by atoms with E-state index in [9.17, 15) is 4.79 Å². The average Bonchev–Trinajstić information content (AvgIpc) is 2.19. The first-order valence-corrected chi connectivity index (χ1v) is 6.22. The molecular formula is C9H20N4OS. The highest BCUT2D eigenvalue weighted by molar-refractivity contribution is 7.99. The number of nitrogens with zero attached hydrogens (tertiary/aromatic N) is 1. The first-order chi connectivity index (χ1) is 7.16. The summed E-state index contributed by atoms with van der Waals surface area (Å²) in [5.74, 6) is 1.74. The Morgan fingerprint density at radius 1 is 1.40 bits per heavy atom. The minimum atomic E-state index is 0.101. The van der Waals surface area contributed by atoms with Gasteiger partial charge in [0.15, 0.2) is 5.96 Å².